The third kappa shape index (κ3) is 3.25. The fourth-order valence-electron chi connectivity index (χ4n) is 1.68. The van der Waals surface area contributed by atoms with Crippen LogP contribution >= 0.6 is 0 Å². The van der Waals surface area contributed by atoms with Crippen molar-refractivity contribution in [1.29, 1.82) is 0 Å². The first kappa shape index (κ1) is 12.5. The molecule has 0 saturated heterocycles. The molecule has 3 heteroatoms. The molecule has 0 aliphatic rings. The summed E-state index contributed by atoms with van der Waals surface area (Å²) in [5, 5.41) is 0. The fourth-order valence-corrected chi connectivity index (χ4v) is 1.68. The average Bonchev–Trinajstić information content (AvgIpc) is 2.42. The van der Waals surface area contributed by atoms with E-state index in [-0.39, 0.29) is 0 Å². The van der Waals surface area contributed by atoms with Gasteiger partial charge in [-0.15, -0.1) is 0 Å². The van der Waals surface area contributed by atoms with Crippen LogP contribution in [0.1, 0.15) is 11.1 Å². The number of methoxy groups -OCH3 is 1. The first-order chi connectivity index (χ1) is 8.79. The second-order valence-electron chi connectivity index (χ2n) is 4.04. The van der Waals surface area contributed by atoms with Gasteiger partial charge in [-0.05, 0) is 11.6 Å². The van der Waals surface area contributed by atoms with Crippen LogP contribution in [0, 0.1) is 0 Å². The number of nitrogens with two attached hydrogens (primary N) is 1. The molecule has 94 valence electrons. The Morgan fingerprint density at radius 3 is 2.44 bits per heavy atom. The molecule has 0 spiro atoms. The predicted molar refractivity (Wildman–Crippen MR) is 72.3 cm³/mol. The van der Waals surface area contributed by atoms with E-state index in [2.05, 4.69) is 0 Å². The molecule has 0 saturated carbocycles. The van der Waals surface area contributed by atoms with Crippen LogP contribution in [0.5, 0.6) is 5.75 Å². The minimum Gasteiger partial charge on any atom is -0.497 e. The highest BCUT2D eigenvalue weighted by molar-refractivity contribution is 5.51. The Bertz CT molecular complexity index is 497. The molecule has 0 heterocycles. The molecular formula is C15H17NO2. The zero-order valence-corrected chi connectivity index (χ0v) is 10.4. The number of benzene rings is 2. The number of nitrogen functional groups attached to an aromatic ring is 1. The van der Waals surface area contributed by atoms with E-state index in [4.69, 9.17) is 15.2 Å². The van der Waals surface area contributed by atoms with Gasteiger partial charge in [0, 0.05) is 17.3 Å². The van der Waals surface area contributed by atoms with E-state index in [1.165, 1.54) is 0 Å². The molecule has 0 atom stereocenters. The highest BCUT2D eigenvalue weighted by atomic mass is 16.5. The van der Waals surface area contributed by atoms with Gasteiger partial charge in [-0.1, -0.05) is 36.4 Å². The number of hydrogen-bond donors (Lipinski definition) is 1. The monoisotopic (exact) mass is 243 g/mol. The summed E-state index contributed by atoms with van der Waals surface area (Å²) >= 11 is 0. The molecule has 0 bridgehead atoms. The summed E-state index contributed by atoms with van der Waals surface area (Å²) in [6, 6.07) is 15.7. The van der Waals surface area contributed by atoms with Gasteiger partial charge in [0.05, 0.1) is 20.3 Å². The van der Waals surface area contributed by atoms with Gasteiger partial charge in [0.15, 0.2) is 0 Å². The number of rotatable bonds is 5. The zero-order chi connectivity index (χ0) is 12.8. The molecule has 0 aromatic heterocycles. The van der Waals surface area contributed by atoms with Crippen molar-refractivity contribution in [2.75, 3.05) is 12.8 Å². The van der Waals surface area contributed by atoms with Crippen molar-refractivity contribution in [3.8, 4) is 5.75 Å². The minimum absolute atomic E-state index is 0.505. The van der Waals surface area contributed by atoms with Crippen LogP contribution in [0.25, 0.3) is 0 Å². The smallest absolute Gasteiger partial charge is 0.120 e. The molecule has 0 aliphatic heterocycles. The molecule has 2 N–H and O–H groups in total. The van der Waals surface area contributed by atoms with Crippen molar-refractivity contribution in [3.63, 3.8) is 0 Å². The van der Waals surface area contributed by atoms with Gasteiger partial charge in [0.1, 0.15) is 5.75 Å². The maximum atomic E-state index is 5.92. The Balaban J connectivity index is 1.91. The van der Waals surface area contributed by atoms with E-state index in [9.17, 15) is 0 Å². The van der Waals surface area contributed by atoms with Gasteiger partial charge in [0.2, 0.25) is 0 Å². The predicted octanol–water partition coefficient (Wildman–Crippen LogP) is 2.99. The van der Waals surface area contributed by atoms with Gasteiger partial charge in [-0.3, -0.25) is 0 Å². The normalized spacial score (nSPS) is 10.3. The highest BCUT2D eigenvalue weighted by Crippen LogP contribution is 2.20. The fraction of sp³-hybridized carbons (Fsp3) is 0.200. The van der Waals surface area contributed by atoms with Crippen LogP contribution < -0.4 is 10.5 Å². The van der Waals surface area contributed by atoms with E-state index in [0.717, 1.165) is 16.9 Å². The summed E-state index contributed by atoms with van der Waals surface area (Å²) in [6.07, 6.45) is 0. The largest absolute Gasteiger partial charge is 0.497 e. The van der Waals surface area contributed by atoms with Crippen LogP contribution in [0.4, 0.5) is 5.69 Å². The Kier molecular flexibility index (Phi) is 4.20. The third-order valence-electron chi connectivity index (χ3n) is 2.72. The van der Waals surface area contributed by atoms with E-state index in [1.54, 1.807) is 13.2 Å². The first-order valence-corrected chi connectivity index (χ1v) is 5.83. The maximum Gasteiger partial charge on any atom is 0.120 e. The molecule has 2 rings (SSSR count). The third-order valence-corrected chi connectivity index (χ3v) is 2.72. The maximum absolute atomic E-state index is 5.92. The van der Waals surface area contributed by atoms with Crippen molar-refractivity contribution in [2.45, 2.75) is 13.2 Å². The summed E-state index contributed by atoms with van der Waals surface area (Å²) in [5.74, 6) is 0.763. The van der Waals surface area contributed by atoms with Crippen LogP contribution in [-0.4, -0.2) is 7.11 Å². The number of ether oxygens (including phenoxy) is 2. The second-order valence-corrected chi connectivity index (χ2v) is 4.04. The van der Waals surface area contributed by atoms with Crippen LogP contribution in [-0.2, 0) is 18.0 Å². The summed E-state index contributed by atoms with van der Waals surface area (Å²) in [6.45, 7) is 1.09. The lowest BCUT2D eigenvalue weighted by Crippen LogP contribution is -1.99. The van der Waals surface area contributed by atoms with Crippen LogP contribution in [0.3, 0.4) is 0 Å². The van der Waals surface area contributed by atoms with Crippen molar-refractivity contribution in [1.82, 2.24) is 0 Å². The summed E-state index contributed by atoms with van der Waals surface area (Å²) < 4.78 is 10.7. The standard InChI is InChI=1S/C15H17NO2/c1-17-14-8-7-13(15(16)9-14)11-18-10-12-5-3-2-4-6-12/h2-9H,10-11,16H2,1H3. The van der Waals surface area contributed by atoms with E-state index >= 15 is 0 Å². The zero-order valence-electron chi connectivity index (χ0n) is 10.4. The molecular weight excluding hydrogens is 226 g/mol. The average molecular weight is 243 g/mol. The summed E-state index contributed by atoms with van der Waals surface area (Å²) in [5.41, 5.74) is 8.75. The second kappa shape index (κ2) is 6.07. The molecule has 3 nitrogen and oxygen atoms in total. The minimum atomic E-state index is 0.505. The SMILES string of the molecule is COc1ccc(COCc2ccccc2)c(N)c1. The molecule has 0 fully saturated rings. The molecule has 0 unspecified atom stereocenters. The molecule has 0 amide bonds. The van der Waals surface area contributed by atoms with Crippen LogP contribution in [0.2, 0.25) is 0 Å². The quantitative estimate of drug-likeness (QED) is 0.821. The Morgan fingerprint density at radius 2 is 1.78 bits per heavy atom. The summed E-state index contributed by atoms with van der Waals surface area (Å²) in [7, 11) is 1.63. The summed E-state index contributed by atoms with van der Waals surface area (Å²) in [4.78, 5) is 0. The van der Waals surface area contributed by atoms with Crippen molar-refractivity contribution in [3.05, 3.63) is 59.7 Å². The van der Waals surface area contributed by atoms with Crippen LogP contribution in [0.15, 0.2) is 48.5 Å². The molecule has 0 aliphatic carbocycles. The van der Waals surface area contributed by atoms with Crippen molar-refractivity contribution in [2.24, 2.45) is 0 Å². The Hall–Kier alpha value is -2.00. The number of anilines is 1. The van der Waals surface area contributed by atoms with Gasteiger partial charge in [-0.2, -0.15) is 0 Å². The lowest BCUT2D eigenvalue weighted by atomic mass is 10.2. The van der Waals surface area contributed by atoms with E-state index in [1.807, 2.05) is 42.5 Å². The van der Waals surface area contributed by atoms with Gasteiger partial charge < -0.3 is 15.2 Å². The van der Waals surface area contributed by atoms with Crippen molar-refractivity contribution < 1.29 is 9.47 Å². The number of hydrogen-bond acceptors (Lipinski definition) is 3. The topological polar surface area (TPSA) is 44.5 Å². The van der Waals surface area contributed by atoms with Gasteiger partial charge in [0.25, 0.3) is 0 Å². The van der Waals surface area contributed by atoms with Gasteiger partial charge in [-0.25, -0.2) is 0 Å². The highest BCUT2D eigenvalue weighted by Gasteiger charge is 2.01. The first-order valence-electron chi connectivity index (χ1n) is 5.83. The molecule has 2 aromatic rings. The Morgan fingerprint density at radius 1 is 1.00 bits per heavy atom. The van der Waals surface area contributed by atoms with Gasteiger partial charge >= 0.3 is 0 Å². The van der Waals surface area contributed by atoms with E-state index < -0.39 is 0 Å². The molecule has 2 aromatic carbocycles. The molecule has 18 heavy (non-hydrogen) atoms. The Labute approximate surface area is 107 Å². The molecule has 0 radical (unpaired) electrons. The lowest BCUT2D eigenvalue weighted by molar-refractivity contribution is 0.107. The lowest BCUT2D eigenvalue weighted by Gasteiger charge is -2.08. The van der Waals surface area contributed by atoms with Crippen molar-refractivity contribution >= 4 is 5.69 Å². The van der Waals surface area contributed by atoms with E-state index in [0.29, 0.717) is 18.9 Å².